The molecule has 0 fully saturated rings. The van der Waals surface area contributed by atoms with Gasteiger partial charge < -0.3 is 0 Å². The molecule has 9 nitrogen and oxygen atoms in total. The molecule has 0 atom stereocenters. The highest BCUT2D eigenvalue weighted by Crippen LogP contribution is 2.47. The minimum absolute atomic E-state index is 0.581. The maximum atomic E-state index is 5.76. The molecule has 14 aromatic carbocycles. The van der Waals surface area contributed by atoms with Gasteiger partial charge in [-0.15, -0.1) is 34.0 Å². The molecule has 0 bridgehead atoms. The van der Waals surface area contributed by atoms with Gasteiger partial charge in [0, 0.05) is 164 Å². The summed E-state index contributed by atoms with van der Waals surface area (Å²) in [5.41, 5.74) is 26.8. The van der Waals surface area contributed by atoms with Crippen LogP contribution in [0.2, 0.25) is 0 Å². The van der Waals surface area contributed by atoms with Crippen LogP contribution in [0.5, 0.6) is 0 Å². The van der Waals surface area contributed by atoms with Crippen molar-refractivity contribution in [2.45, 2.75) is 6.92 Å². The predicted molar refractivity (Wildman–Crippen MR) is 509 cm³/mol. The summed E-state index contributed by atoms with van der Waals surface area (Å²) < 4.78 is 7.44. The van der Waals surface area contributed by atoms with Gasteiger partial charge in [0.05, 0.1) is 34.2 Å². The number of benzene rings is 14. The maximum Gasteiger partial charge on any atom is 0.161 e. The van der Waals surface area contributed by atoms with Gasteiger partial charge in [-0.25, -0.2) is 29.9 Å². The molecule has 0 unspecified atom stereocenters. The molecule has 0 aliphatic carbocycles. The number of fused-ring (bicyclic) bond motifs is 10. The third kappa shape index (κ3) is 13.1. The molecule has 0 amide bonds. The number of nitrogens with zero attached hydrogens (tertiary/aromatic N) is 9. The van der Waals surface area contributed by atoms with E-state index in [1.807, 2.05) is 83.2 Å². The number of thiophene rings is 3. The van der Waals surface area contributed by atoms with Crippen molar-refractivity contribution in [2.75, 3.05) is 0 Å². The Morgan fingerprint density at radius 3 is 1.04 bits per heavy atom. The lowest BCUT2D eigenvalue weighted by Crippen LogP contribution is -1.99. The van der Waals surface area contributed by atoms with Gasteiger partial charge in [0.1, 0.15) is 0 Å². The first-order chi connectivity index (χ1) is 60.3. The van der Waals surface area contributed by atoms with Crippen molar-refractivity contribution in [3.63, 3.8) is 0 Å². The minimum atomic E-state index is 0.581. The number of pyridine rings is 3. The van der Waals surface area contributed by atoms with E-state index in [-0.39, 0.29) is 0 Å². The van der Waals surface area contributed by atoms with Crippen LogP contribution in [0.25, 0.3) is 240 Å². The summed E-state index contributed by atoms with van der Waals surface area (Å²) in [6, 6.07) is 126. The number of aryl methyl sites for hydroxylation is 1. The van der Waals surface area contributed by atoms with Crippen LogP contribution in [0.15, 0.2) is 389 Å². The molecule has 23 rings (SSSR count). The summed E-state index contributed by atoms with van der Waals surface area (Å²) in [4.78, 5) is 47.5. The van der Waals surface area contributed by atoms with E-state index >= 15 is 0 Å². The van der Waals surface area contributed by atoms with E-state index in [1.165, 1.54) is 60.5 Å². The average Bonchev–Trinajstić information content (AvgIpc) is 1.75. The molecule has 9 heterocycles. The fourth-order valence-corrected chi connectivity index (χ4v) is 20.7. The van der Waals surface area contributed by atoms with Crippen LogP contribution in [0, 0.1) is 6.92 Å². The lowest BCUT2D eigenvalue weighted by atomic mass is 9.91. The lowest BCUT2D eigenvalue weighted by molar-refractivity contribution is 1.18. The molecule has 9 aromatic heterocycles. The van der Waals surface area contributed by atoms with Gasteiger partial charge in [0.2, 0.25) is 0 Å². The van der Waals surface area contributed by atoms with E-state index in [0.29, 0.717) is 17.5 Å². The predicted octanol–water partition coefficient (Wildman–Crippen LogP) is 29.8. The van der Waals surface area contributed by atoms with Gasteiger partial charge in [0.25, 0.3) is 0 Å². The number of rotatable bonds is 15. The Bertz CT molecular complexity index is 8090. The molecular formula is C110H67N9S3. The Hall–Kier alpha value is -15.3. The maximum absolute atomic E-state index is 5.76. The second kappa shape index (κ2) is 30.2. The molecule has 0 aliphatic heterocycles. The summed E-state index contributed by atoms with van der Waals surface area (Å²) in [6.07, 6.45) is 11.2. The lowest BCUT2D eigenvalue weighted by Gasteiger charge is -2.17. The Labute approximate surface area is 714 Å². The average molecular weight is 1610 g/mol. The largest absolute Gasteiger partial charge is 0.264 e. The van der Waals surface area contributed by atoms with Gasteiger partial charge in [0.15, 0.2) is 17.5 Å². The van der Waals surface area contributed by atoms with Crippen molar-refractivity contribution < 1.29 is 0 Å². The van der Waals surface area contributed by atoms with Gasteiger partial charge >= 0.3 is 0 Å². The molecule has 0 aliphatic rings. The molecule has 12 heteroatoms. The standard InChI is InChI=1S/C110H67N9S3/c1-66-54-70(39-45-79(66)100-61-98(74-43-49-106-93(58-74)87-25-8-11-33-103(87)121-106)115-108(118-100)89-27-6-5-23-81(89)76-20-15-51-111-63-76)71-40-47-90(91(55-71)78-22-17-53-113-65-78)109-116-99(75-44-50-107-94(59-75)88-26-9-12-34-104(88)122-107)62-101(119-109)85-31-14-29-83-80(28-13-30-84(83)85)72-41-46-82(77-21-16-52-112-64-77)95(56-72)110-114-96(69-37-35-68(36-38-69)67-18-3-2-4-19-67)60-97(117-110)73-42-48-105-92(57-73)86-24-7-10-32-102(86)120-105/h2-65H,1H3. The van der Waals surface area contributed by atoms with Crippen LogP contribution in [0.3, 0.4) is 0 Å². The normalized spacial score (nSPS) is 11.6. The highest BCUT2D eigenvalue weighted by Gasteiger charge is 2.24. The van der Waals surface area contributed by atoms with Crippen molar-refractivity contribution in [3.05, 3.63) is 395 Å². The van der Waals surface area contributed by atoms with E-state index in [1.54, 1.807) is 6.20 Å². The summed E-state index contributed by atoms with van der Waals surface area (Å²) in [5.74, 6) is 1.81. The summed E-state index contributed by atoms with van der Waals surface area (Å²) >= 11 is 5.43. The fraction of sp³-hybridized carbons (Fsp3) is 0.00909. The molecular weight excluding hydrogens is 1540 g/mol. The van der Waals surface area contributed by atoms with E-state index in [4.69, 9.17) is 34.9 Å². The molecule has 23 aromatic rings. The quantitative estimate of drug-likeness (QED) is 0.0989. The first-order valence-electron chi connectivity index (χ1n) is 40.6. The fourth-order valence-electron chi connectivity index (χ4n) is 17.4. The Morgan fingerprint density at radius 2 is 0.508 bits per heavy atom. The van der Waals surface area contributed by atoms with Gasteiger partial charge in [-0.3, -0.25) is 15.0 Å². The van der Waals surface area contributed by atoms with Crippen LogP contribution in [0.1, 0.15) is 5.56 Å². The summed E-state index contributed by atoms with van der Waals surface area (Å²) in [5, 5.41) is 9.37. The molecule has 0 radical (unpaired) electrons. The second-order valence-corrected chi connectivity index (χ2v) is 34.0. The summed E-state index contributed by atoms with van der Waals surface area (Å²) in [6.45, 7) is 2.18. The van der Waals surface area contributed by atoms with Gasteiger partial charge in [-0.1, -0.05) is 243 Å². The van der Waals surface area contributed by atoms with E-state index in [9.17, 15) is 0 Å². The number of hydrogen-bond acceptors (Lipinski definition) is 12. The van der Waals surface area contributed by atoms with Gasteiger partial charge in [-0.2, -0.15) is 0 Å². The Balaban J connectivity index is 0.659. The zero-order valence-electron chi connectivity index (χ0n) is 65.7. The molecule has 122 heavy (non-hydrogen) atoms. The third-order valence-corrected chi connectivity index (χ3v) is 26.9. The van der Waals surface area contributed by atoms with Crippen LogP contribution in [0.4, 0.5) is 0 Å². The zero-order valence-corrected chi connectivity index (χ0v) is 68.1. The SMILES string of the molecule is Cc1cc(-c2ccc(-c3nc(-c4ccc5sc6ccccc6c5c4)cc(-c4cccc5c(-c6ccc(-c7cccnc7)c(-c7nc(-c8ccc(-c9ccccc9)cc8)cc(-c8ccc9sc%10ccccc%10c9c8)n7)c6)cccc45)n3)c(-c3cccnc3)c2)ccc1-c1cc(-c2ccc3sc4ccccc4c3c2)nc(-c2ccccc2-c2cccnc2)n1. The zero-order chi connectivity index (χ0) is 80.7. The number of aromatic nitrogens is 9. The van der Waals surface area contributed by atoms with Crippen LogP contribution in [-0.4, -0.2) is 44.9 Å². The van der Waals surface area contributed by atoms with E-state index in [2.05, 4.69) is 351 Å². The van der Waals surface area contributed by atoms with Crippen LogP contribution < -0.4 is 0 Å². The van der Waals surface area contributed by atoms with Crippen molar-refractivity contribution in [2.24, 2.45) is 0 Å². The molecule has 0 spiro atoms. The Morgan fingerprint density at radius 1 is 0.172 bits per heavy atom. The van der Waals surface area contributed by atoms with Crippen molar-refractivity contribution >= 4 is 105 Å². The smallest absolute Gasteiger partial charge is 0.161 e. The molecule has 0 saturated heterocycles. The van der Waals surface area contributed by atoms with Crippen LogP contribution >= 0.6 is 34.0 Å². The van der Waals surface area contributed by atoms with E-state index < -0.39 is 0 Å². The highest BCUT2D eigenvalue weighted by molar-refractivity contribution is 7.26. The van der Waals surface area contributed by atoms with Crippen LogP contribution in [-0.2, 0) is 0 Å². The van der Waals surface area contributed by atoms with Gasteiger partial charge in [-0.05, 0) is 183 Å². The monoisotopic (exact) mass is 1610 g/mol. The first-order valence-corrected chi connectivity index (χ1v) is 43.1. The van der Waals surface area contributed by atoms with E-state index in [0.717, 1.165) is 167 Å². The molecule has 570 valence electrons. The highest BCUT2D eigenvalue weighted by atomic mass is 32.1. The Kier molecular flexibility index (Phi) is 17.8. The first kappa shape index (κ1) is 72.0. The van der Waals surface area contributed by atoms with Crippen molar-refractivity contribution in [1.82, 2.24) is 44.9 Å². The van der Waals surface area contributed by atoms with Crippen molar-refractivity contribution in [1.29, 1.82) is 0 Å². The molecule has 0 saturated carbocycles. The number of hydrogen-bond donors (Lipinski definition) is 0. The second-order valence-electron chi connectivity index (χ2n) is 30.8. The van der Waals surface area contributed by atoms with Crippen molar-refractivity contribution in [3.8, 4) is 168 Å². The topological polar surface area (TPSA) is 116 Å². The molecule has 0 N–H and O–H groups in total. The summed E-state index contributed by atoms with van der Waals surface area (Å²) in [7, 11) is 0. The third-order valence-electron chi connectivity index (χ3n) is 23.4. The minimum Gasteiger partial charge on any atom is -0.264 e.